The summed E-state index contributed by atoms with van der Waals surface area (Å²) in [5, 5.41) is 0. The molecule has 6 heteroatoms. The van der Waals surface area contributed by atoms with Crippen LogP contribution < -0.4 is 4.74 Å². The number of rotatable bonds is 4. The Bertz CT molecular complexity index is 654. The van der Waals surface area contributed by atoms with E-state index in [1.165, 1.54) is 0 Å². The van der Waals surface area contributed by atoms with Crippen molar-refractivity contribution in [2.75, 3.05) is 32.9 Å². The van der Waals surface area contributed by atoms with Gasteiger partial charge in [-0.25, -0.2) is 4.98 Å². The van der Waals surface area contributed by atoms with Crippen LogP contribution in [0.2, 0.25) is 0 Å². The molecule has 4 rings (SSSR count). The second-order valence-corrected chi connectivity index (χ2v) is 7.65. The molecule has 3 aliphatic rings. The first-order valence-electron chi connectivity index (χ1n) is 9.72. The lowest BCUT2D eigenvalue weighted by Gasteiger charge is -2.48. The molecule has 0 N–H and O–H groups in total. The zero-order valence-corrected chi connectivity index (χ0v) is 15.2. The number of piperidine rings is 1. The molecule has 0 unspecified atom stereocenters. The highest BCUT2D eigenvalue weighted by Gasteiger charge is 2.44. The summed E-state index contributed by atoms with van der Waals surface area (Å²) < 4.78 is 11.6. The minimum absolute atomic E-state index is 0.210. The molecule has 3 heterocycles. The van der Waals surface area contributed by atoms with E-state index in [0.717, 1.165) is 70.4 Å². The number of ether oxygens (including phenoxy) is 2. The molecule has 0 aromatic carbocycles. The van der Waals surface area contributed by atoms with E-state index < -0.39 is 0 Å². The molecule has 1 spiro atoms. The van der Waals surface area contributed by atoms with Crippen LogP contribution in [0.15, 0.2) is 30.2 Å². The van der Waals surface area contributed by atoms with Crippen molar-refractivity contribution >= 4 is 5.91 Å². The summed E-state index contributed by atoms with van der Waals surface area (Å²) in [5.74, 6) is 1.16. The maximum absolute atomic E-state index is 12.7. The Morgan fingerprint density at radius 1 is 1.31 bits per heavy atom. The van der Waals surface area contributed by atoms with Gasteiger partial charge in [-0.05, 0) is 43.9 Å². The highest BCUT2D eigenvalue weighted by molar-refractivity contribution is 5.93. The lowest BCUT2D eigenvalue weighted by atomic mass is 9.66. The molecule has 1 aromatic rings. The van der Waals surface area contributed by atoms with Crippen LogP contribution in [0, 0.1) is 11.3 Å². The van der Waals surface area contributed by atoms with E-state index in [-0.39, 0.29) is 11.3 Å². The van der Waals surface area contributed by atoms with Crippen LogP contribution in [0.25, 0.3) is 0 Å². The van der Waals surface area contributed by atoms with Crippen LogP contribution in [0.1, 0.15) is 38.5 Å². The Labute approximate surface area is 154 Å². The van der Waals surface area contributed by atoms with Gasteiger partial charge in [0.2, 0.25) is 11.8 Å². The quantitative estimate of drug-likeness (QED) is 0.829. The van der Waals surface area contributed by atoms with Gasteiger partial charge >= 0.3 is 0 Å². The predicted molar refractivity (Wildman–Crippen MR) is 96.6 cm³/mol. The van der Waals surface area contributed by atoms with Gasteiger partial charge < -0.3 is 14.4 Å². The van der Waals surface area contributed by atoms with E-state index in [1.54, 1.807) is 18.6 Å². The predicted octanol–water partition coefficient (Wildman–Crippen LogP) is 2.61. The lowest BCUT2D eigenvalue weighted by molar-refractivity contribution is -0.134. The number of likely N-dealkylation sites (tertiary alicyclic amines) is 1. The smallest absolute Gasteiger partial charge is 0.249 e. The standard InChI is InChI=1S/C20H27N3O3/c24-19(16-3-1-2-4-16)23-10-5-20(6-11-23)7-12-25-14-17(20)15-26-18-13-21-8-9-22-18/h3,8-9,13,17H,1-2,4-7,10-12,14-15H2/t17-/m1/s1. The molecule has 2 fully saturated rings. The van der Waals surface area contributed by atoms with Crippen molar-refractivity contribution in [3.8, 4) is 5.88 Å². The van der Waals surface area contributed by atoms with Crippen molar-refractivity contribution < 1.29 is 14.3 Å². The summed E-state index contributed by atoms with van der Waals surface area (Å²) in [5.41, 5.74) is 1.23. The van der Waals surface area contributed by atoms with Crippen molar-refractivity contribution in [3.05, 3.63) is 30.2 Å². The van der Waals surface area contributed by atoms with Gasteiger partial charge in [0.05, 0.1) is 19.4 Å². The molecule has 26 heavy (non-hydrogen) atoms. The second-order valence-electron chi connectivity index (χ2n) is 7.65. The van der Waals surface area contributed by atoms with E-state index in [4.69, 9.17) is 9.47 Å². The van der Waals surface area contributed by atoms with Gasteiger partial charge in [0.25, 0.3) is 0 Å². The molecule has 1 aliphatic carbocycles. The van der Waals surface area contributed by atoms with Gasteiger partial charge in [0, 0.05) is 43.6 Å². The normalized spacial score (nSPS) is 25.2. The topological polar surface area (TPSA) is 64.6 Å². The number of hydrogen-bond donors (Lipinski definition) is 0. The molecular weight excluding hydrogens is 330 g/mol. The van der Waals surface area contributed by atoms with Crippen LogP contribution in [-0.4, -0.2) is 53.7 Å². The summed E-state index contributed by atoms with van der Waals surface area (Å²) in [6, 6.07) is 0. The number of hydrogen-bond acceptors (Lipinski definition) is 5. The van der Waals surface area contributed by atoms with Crippen LogP contribution in [0.3, 0.4) is 0 Å². The van der Waals surface area contributed by atoms with Crippen LogP contribution >= 0.6 is 0 Å². The average Bonchev–Trinajstić information content (AvgIpc) is 3.23. The van der Waals surface area contributed by atoms with E-state index in [9.17, 15) is 4.79 Å². The number of carbonyl (C=O) groups is 1. The molecule has 6 nitrogen and oxygen atoms in total. The van der Waals surface area contributed by atoms with Crippen molar-refractivity contribution in [2.24, 2.45) is 11.3 Å². The Balaban J connectivity index is 1.37. The Morgan fingerprint density at radius 3 is 2.92 bits per heavy atom. The van der Waals surface area contributed by atoms with Crippen LogP contribution in [-0.2, 0) is 9.53 Å². The number of amides is 1. The summed E-state index contributed by atoms with van der Waals surface area (Å²) in [6.07, 6.45) is 13.3. The highest BCUT2D eigenvalue weighted by atomic mass is 16.5. The molecule has 1 atom stereocenters. The zero-order valence-electron chi connectivity index (χ0n) is 15.2. The van der Waals surface area contributed by atoms with E-state index >= 15 is 0 Å². The number of allylic oxidation sites excluding steroid dienone is 1. The van der Waals surface area contributed by atoms with Crippen molar-refractivity contribution in [3.63, 3.8) is 0 Å². The van der Waals surface area contributed by atoms with E-state index in [1.807, 2.05) is 0 Å². The first-order chi connectivity index (χ1) is 12.8. The van der Waals surface area contributed by atoms with Gasteiger partial charge in [-0.15, -0.1) is 0 Å². The van der Waals surface area contributed by atoms with Crippen molar-refractivity contribution in [1.82, 2.24) is 14.9 Å². The third kappa shape index (κ3) is 3.61. The Kier molecular flexibility index (Phi) is 5.20. The third-order valence-corrected chi connectivity index (χ3v) is 6.26. The molecule has 0 saturated carbocycles. The van der Waals surface area contributed by atoms with Gasteiger partial charge in [-0.2, -0.15) is 0 Å². The molecule has 1 amide bonds. The van der Waals surface area contributed by atoms with Crippen LogP contribution in [0.4, 0.5) is 0 Å². The number of nitrogens with zero attached hydrogens (tertiary/aromatic N) is 3. The minimum atomic E-state index is 0.210. The molecule has 0 radical (unpaired) electrons. The van der Waals surface area contributed by atoms with Crippen molar-refractivity contribution in [1.29, 1.82) is 0 Å². The Morgan fingerprint density at radius 2 is 2.19 bits per heavy atom. The van der Waals surface area contributed by atoms with Crippen molar-refractivity contribution in [2.45, 2.75) is 38.5 Å². The van der Waals surface area contributed by atoms with Crippen LogP contribution in [0.5, 0.6) is 5.88 Å². The maximum Gasteiger partial charge on any atom is 0.249 e. The fraction of sp³-hybridized carbons (Fsp3) is 0.650. The molecule has 1 aromatic heterocycles. The summed E-state index contributed by atoms with van der Waals surface area (Å²) in [6.45, 7) is 3.81. The van der Waals surface area contributed by atoms with Gasteiger partial charge in [-0.1, -0.05) is 6.08 Å². The number of carbonyl (C=O) groups excluding carboxylic acids is 1. The lowest BCUT2D eigenvalue weighted by Crippen LogP contribution is -2.51. The van der Waals surface area contributed by atoms with E-state index in [0.29, 0.717) is 18.4 Å². The monoisotopic (exact) mass is 357 g/mol. The van der Waals surface area contributed by atoms with E-state index in [2.05, 4.69) is 20.9 Å². The fourth-order valence-electron chi connectivity index (χ4n) is 4.53. The zero-order chi connectivity index (χ0) is 17.8. The second kappa shape index (κ2) is 7.74. The first-order valence-corrected chi connectivity index (χ1v) is 9.72. The Hall–Kier alpha value is -1.95. The highest BCUT2D eigenvalue weighted by Crippen LogP contribution is 2.45. The number of aromatic nitrogens is 2. The average molecular weight is 357 g/mol. The molecule has 2 saturated heterocycles. The molecule has 140 valence electrons. The molecule has 0 bridgehead atoms. The SMILES string of the molecule is O=C(C1=CCCC1)N1CCC2(CCOC[C@@H]2COc2cnccn2)CC1. The summed E-state index contributed by atoms with van der Waals surface area (Å²) in [7, 11) is 0. The van der Waals surface area contributed by atoms with Gasteiger partial charge in [0.1, 0.15) is 0 Å². The molecular formula is C20H27N3O3. The molecule has 2 aliphatic heterocycles. The summed E-state index contributed by atoms with van der Waals surface area (Å²) in [4.78, 5) is 23.0. The third-order valence-electron chi connectivity index (χ3n) is 6.26. The van der Waals surface area contributed by atoms with Gasteiger partial charge in [-0.3, -0.25) is 9.78 Å². The maximum atomic E-state index is 12.7. The largest absolute Gasteiger partial charge is 0.476 e. The summed E-state index contributed by atoms with van der Waals surface area (Å²) >= 11 is 0. The minimum Gasteiger partial charge on any atom is -0.476 e. The van der Waals surface area contributed by atoms with Gasteiger partial charge in [0.15, 0.2) is 0 Å². The first kappa shape index (κ1) is 17.5. The fourth-order valence-corrected chi connectivity index (χ4v) is 4.53.